The second kappa shape index (κ2) is 13.1. The Morgan fingerprint density at radius 1 is 0.442 bits per heavy atom. The molecule has 0 spiro atoms. The first kappa shape index (κ1) is 31.1. The van der Waals surface area contributed by atoms with Crippen molar-refractivity contribution in [1.82, 2.24) is 15.0 Å². The molecule has 0 saturated heterocycles. The summed E-state index contributed by atoms with van der Waals surface area (Å²) in [6.45, 7) is 6.17. The van der Waals surface area contributed by atoms with Gasteiger partial charge in [0.05, 0.1) is 0 Å². The van der Waals surface area contributed by atoms with Crippen LogP contribution >= 0.6 is 0 Å². The quantitative estimate of drug-likeness (QED) is 0.170. The van der Waals surface area contributed by atoms with Gasteiger partial charge >= 0.3 is 0 Å². The molecule has 0 saturated carbocycles. The molecule has 52 heavy (non-hydrogen) atoms. The summed E-state index contributed by atoms with van der Waals surface area (Å²) in [6, 6.07) is 56.5. The molecule has 0 aliphatic carbocycles. The van der Waals surface area contributed by atoms with Crippen molar-refractivity contribution in [2.75, 3.05) is 0 Å². The smallest absolute Gasteiger partial charge is 0.164 e. The maximum Gasteiger partial charge on any atom is 0.164 e. The Kier molecular flexibility index (Phi) is 7.83. The third kappa shape index (κ3) is 5.66. The molecule has 0 atom stereocenters. The van der Waals surface area contributed by atoms with E-state index in [1.165, 1.54) is 11.1 Å². The van der Waals surface area contributed by atoms with E-state index in [4.69, 9.17) is 19.4 Å². The van der Waals surface area contributed by atoms with Crippen LogP contribution in [0.25, 0.3) is 95.4 Å². The van der Waals surface area contributed by atoms with Crippen molar-refractivity contribution in [3.05, 3.63) is 182 Å². The number of furan rings is 1. The van der Waals surface area contributed by atoms with Crippen LogP contribution in [-0.2, 0) is 0 Å². The van der Waals surface area contributed by atoms with Crippen molar-refractivity contribution in [3.63, 3.8) is 0 Å². The van der Waals surface area contributed by atoms with E-state index in [-0.39, 0.29) is 0 Å². The van der Waals surface area contributed by atoms with E-state index in [9.17, 15) is 0 Å². The van der Waals surface area contributed by atoms with E-state index in [1.807, 2.05) is 61.5 Å². The molecule has 9 aromatic rings. The summed E-state index contributed by atoms with van der Waals surface area (Å²) in [4.78, 5) is 15.1. The molecule has 2 heterocycles. The molecule has 0 bridgehead atoms. The van der Waals surface area contributed by atoms with Gasteiger partial charge in [-0.3, -0.25) is 0 Å². The van der Waals surface area contributed by atoms with Crippen LogP contribution in [0, 0.1) is 6.92 Å². The standard InChI is InChI=1S/C48H33N3O/c1-3-32-18-25-37-14-10-11-17-41(37)45(32)44-31(2)52-43-29-28-40(30-42(43)44)48-50-46(38-15-8-5-9-16-38)49-47(51-48)39-26-23-36(24-27-39)35-21-19-34(20-22-35)33-12-6-4-7-13-33/h3-30H,1H2,2H3. The molecule has 7 aromatic carbocycles. The van der Waals surface area contributed by atoms with Crippen LogP contribution in [0.4, 0.5) is 0 Å². The maximum absolute atomic E-state index is 6.37. The molecular formula is C48H33N3O. The molecular weight excluding hydrogens is 635 g/mol. The highest BCUT2D eigenvalue weighted by Crippen LogP contribution is 2.42. The third-order valence-corrected chi connectivity index (χ3v) is 9.69. The van der Waals surface area contributed by atoms with Crippen LogP contribution < -0.4 is 0 Å². The van der Waals surface area contributed by atoms with E-state index >= 15 is 0 Å². The first-order valence-corrected chi connectivity index (χ1v) is 17.4. The molecule has 0 N–H and O–H groups in total. The number of aromatic nitrogens is 3. The largest absolute Gasteiger partial charge is 0.461 e. The van der Waals surface area contributed by atoms with Gasteiger partial charge in [0.25, 0.3) is 0 Å². The molecule has 0 radical (unpaired) electrons. The van der Waals surface area contributed by atoms with Crippen LogP contribution in [0.1, 0.15) is 11.3 Å². The summed E-state index contributed by atoms with van der Waals surface area (Å²) in [6.07, 6.45) is 1.92. The Balaban J connectivity index is 1.14. The summed E-state index contributed by atoms with van der Waals surface area (Å²) in [5.41, 5.74) is 11.4. The highest BCUT2D eigenvalue weighted by atomic mass is 16.3. The number of hydrogen-bond donors (Lipinski definition) is 0. The van der Waals surface area contributed by atoms with E-state index in [2.05, 4.69) is 122 Å². The van der Waals surface area contributed by atoms with Crippen molar-refractivity contribution in [2.24, 2.45) is 0 Å². The molecule has 9 rings (SSSR count). The predicted octanol–water partition coefficient (Wildman–Crippen LogP) is 12.7. The van der Waals surface area contributed by atoms with E-state index in [0.29, 0.717) is 17.5 Å². The Labute approximate surface area is 302 Å². The topological polar surface area (TPSA) is 51.8 Å². The van der Waals surface area contributed by atoms with Crippen LogP contribution in [0.15, 0.2) is 175 Å². The Bertz CT molecular complexity index is 2730. The normalized spacial score (nSPS) is 11.2. The number of rotatable bonds is 7. The molecule has 4 heteroatoms. The van der Waals surface area contributed by atoms with Gasteiger partial charge in [-0.05, 0) is 63.7 Å². The lowest BCUT2D eigenvalue weighted by Crippen LogP contribution is -2.00. The molecule has 0 amide bonds. The summed E-state index contributed by atoms with van der Waals surface area (Å²) < 4.78 is 6.37. The minimum Gasteiger partial charge on any atom is -0.461 e. The van der Waals surface area contributed by atoms with Crippen LogP contribution in [0.5, 0.6) is 0 Å². The van der Waals surface area contributed by atoms with Gasteiger partial charge in [0.15, 0.2) is 17.5 Å². The summed E-state index contributed by atoms with van der Waals surface area (Å²) in [5.74, 6) is 2.68. The second-order valence-electron chi connectivity index (χ2n) is 12.9. The van der Waals surface area contributed by atoms with Gasteiger partial charge in [-0.1, -0.05) is 158 Å². The Morgan fingerprint density at radius 2 is 0.923 bits per heavy atom. The predicted molar refractivity (Wildman–Crippen MR) is 215 cm³/mol. The van der Waals surface area contributed by atoms with Gasteiger partial charge in [0.1, 0.15) is 11.3 Å². The average Bonchev–Trinajstić information content (AvgIpc) is 3.55. The Hall–Kier alpha value is -6.91. The zero-order valence-electron chi connectivity index (χ0n) is 28.6. The van der Waals surface area contributed by atoms with Crippen LogP contribution in [0.2, 0.25) is 0 Å². The Morgan fingerprint density at radius 3 is 1.54 bits per heavy atom. The molecule has 0 fully saturated rings. The van der Waals surface area contributed by atoms with Crippen LogP contribution in [0.3, 0.4) is 0 Å². The van der Waals surface area contributed by atoms with E-state index in [0.717, 1.165) is 72.0 Å². The third-order valence-electron chi connectivity index (χ3n) is 9.69. The van der Waals surface area contributed by atoms with Gasteiger partial charge in [-0.25, -0.2) is 15.0 Å². The first-order chi connectivity index (χ1) is 25.6. The lowest BCUT2D eigenvalue weighted by Gasteiger charge is -2.12. The van der Waals surface area contributed by atoms with Gasteiger partial charge in [0, 0.05) is 33.2 Å². The lowest BCUT2D eigenvalue weighted by molar-refractivity contribution is 0.580. The highest BCUT2D eigenvalue weighted by molar-refractivity contribution is 6.09. The lowest BCUT2D eigenvalue weighted by atomic mass is 9.91. The van der Waals surface area contributed by atoms with Crippen molar-refractivity contribution in [1.29, 1.82) is 0 Å². The number of hydrogen-bond acceptors (Lipinski definition) is 4. The minimum atomic E-state index is 0.595. The molecule has 246 valence electrons. The number of nitrogens with zero attached hydrogens (tertiary/aromatic N) is 3. The SMILES string of the molecule is C=Cc1ccc2ccccc2c1-c1c(C)oc2ccc(-c3nc(-c4ccccc4)nc(-c4ccc(-c5ccc(-c6ccccc6)cc5)cc4)n3)cc12. The van der Waals surface area contributed by atoms with Crippen LogP contribution in [-0.4, -0.2) is 15.0 Å². The van der Waals surface area contributed by atoms with E-state index < -0.39 is 0 Å². The van der Waals surface area contributed by atoms with Crippen molar-refractivity contribution >= 4 is 27.8 Å². The average molecular weight is 668 g/mol. The molecule has 4 nitrogen and oxygen atoms in total. The number of fused-ring (bicyclic) bond motifs is 2. The van der Waals surface area contributed by atoms with Gasteiger partial charge in [-0.2, -0.15) is 0 Å². The van der Waals surface area contributed by atoms with Gasteiger partial charge < -0.3 is 4.42 Å². The van der Waals surface area contributed by atoms with Gasteiger partial charge in [0.2, 0.25) is 0 Å². The fourth-order valence-electron chi connectivity index (χ4n) is 7.06. The molecule has 0 aliphatic rings. The maximum atomic E-state index is 6.37. The second-order valence-corrected chi connectivity index (χ2v) is 12.9. The zero-order chi connectivity index (χ0) is 35.0. The summed E-state index contributed by atoms with van der Waals surface area (Å²) in [7, 11) is 0. The molecule has 0 aliphatic heterocycles. The fourth-order valence-corrected chi connectivity index (χ4v) is 7.06. The molecule has 2 aromatic heterocycles. The first-order valence-electron chi connectivity index (χ1n) is 17.4. The van der Waals surface area contributed by atoms with Gasteiger partial charge in [-0.15, -0.1) is 0 Å². The van der Waals surface area contributed by atoms with Crippen molar-refractivity contribution < 1.29 is 4.42 Å². The summed E-state index contributed by atoms with van der Waals surface area (Å²) >= 11 is 0. The highest BCUT2D eigenvalue weighted by Gasteiger charge is 2.20. The monoisotopic (exact) mass is 667 g/mol. The molecule has 0 unspecified atom stereocenters. The zero-order valence-corrected chi connectivity index (χ0v) is 28.6. The fraction of sp³-hybridized carbons (Fsp3) is 0.0208. The summed E-state index contributed by atoms with van der Waals surface area (Å²) in [5, 5.41) is 3.32. The van der Waals surface area contributed by atoms with E-state index in [1.54, 1.807) is 0 Å². The van der Waals surface area contributed by atoms with Crippen molar-refractivity contribution in [2.45, 2.75) is 6.92 Å². The van der Waals surface area contributed by atoms with Crippen molar-refractivity contribution in [3.8, 4) is 67.5 Å². The number of benzene rings is 7. The minimum absolute atomic E-state index is 0.595. The number of aryl methyl sites for hydroxylation is 1.